The lowest BCUT2D eigenvalue weighted by Gasteiger charge is -2.09. The standard InChI is InChI=1S/C16H15ClN2O/c1-12-2-5-14(10-16(12)17)19-11-13-3-6-15(7-4-13)20-9-8-18/h2-7,10,19H,9,11H2,1H3. The zero-order valence-electron chi connectivity index (χ0n) is 11.2. The Morgan fingerprint density at radius 1 is 1.20 bits per heavy atom. The Hall–Kier alpha value is -2.18. The highest BCUT2D eigenvalue weighted by molar-refractivity contribution is 6.31. The lowest BCUT2D eigenvalue weighted by atomic mass is 10.2. The Labute approximate surface area is 123 Å². The van der Waals surface area contributed by atoms with E-state index >= 15 is 0 Å². The van der Waals surface area contributed by atoms with Crippen molar-refractivity contribution in [1.82, 2.24) is 0 Å². The molecule has 0 amide bonds. The molecule has 0 bridgehead atoms. The van der Waals surface area contributed by atoms with Gasteiger partial charge in [0, 0.05) is 17.3 Å². The zero-order valence-corrected chi connectivity index (χ0v) is 11.9. The molecule has 0 heterocycles. The monoisotopic (exact) mass is 286 g/mol. The Morgan fingerprint density at radius 3 is 2.60 bits per heavy atom. The molecule has 0 aliphatic rings. The second-order valence-corrected chi connectivity index (χ2v) is 4.82. The van der Waals surface area contributed by atoms with E-state index in [1.165, 1.54) is 0 Å². The van der Waals surface area contributed by atoms with E-state index in [1.807, 2.05) is 55.5 Å². The minimum atomic E-state index is 0.0689. The molecule has 0 aliphatic carbocycles. The van der Waals surface area contributed by atoms with E-state index in [4.69, 9.17) is 21.6 Å². The van der Waals surface area contributed by atoms with Crippen LogP contribution in [-0.2, 0) is 6.54 Å². The Bertz CT molecular complexity index is 617. The summed E-state index contributed by atoms with van der Waals surface area (Å²) in [5.41, 5.74) is 3.19. The predicted octanol–water partition coefficient (Wildman–Crippen LogP) is 4.16. The van der Waals surface area contributed by atoms with Gasteiger partial charge in [0.1, 0.15) is 11.8 Å². The van der Waals surface area contributed by atoms with Crippen LogP contribution in [0, 0.1) is 18.3 Å². The quantitative estimate of drug-likeness (QED) is 0.897. The van der Waals surface area contributed by atoms with Crippen LogP contribution in [0.5, 0.6) is 5.75 Å². The van der Waals surface area contributed by atoms with Crippen molar-refractivity contribution in [2.45, 2.75) is 13.5 Å². The number of nitriles is 1. The van der Waals surface area contributed by atoms with E-state index in [2.05, 4.69) is 5.32 Å². The predicted molar refractivity (Wildman–Crippen MR) is 81.1 cm³/mol. The molecule has 2 aromatic carbocycles. The summed E-state index contributed by atoms with van der Waals surface area (Å²) >= 11 is 6.08. The molecular formula is C16H15ClN2O. The molecule has 2 rings (SSSR count). The number of hydrogen-bond donors (Lipinski definition) is 1. The summed E-state index contributed by atoms with van der Waals surface area (Å²) in [5.74, 6) is 0.702. The van der Waals surface area contributed by atoms with Gasteiger partial charge in [-0.2, -0.15) is 5.26 Å². The lowest BCUT2D eigenvalue weighted by molar-refractivity contribution is 0.368. The third-order valence-corrected chi connectivity index (χ3v) is 3.30. The van der Waals surface area contributed by atoms with Crippen molar-refractivity contribution in [2.24, 2.45) is 0 Å². The normalized spacial score (nSPS) is 9.85. The fourth-order valence-corrected chi connectivity index (χ4v) is 1.91. The number of aryl methyl sites for hydroxylation is 1. The van der Waals surface area contributed by atoms with Gasteiger partial charge in [-0.3, -0.25) is 0 Å². The van der Waals surface area contributed by atoms with Crippen LogP contribution < -0.4 is 10.1 Å². The van der Waals surface area contributed by atoms with Gasteiger partial charge in [-0.25, -0.2) is 0 Å². The van der Waals surface area contributed by atoms with E-state index in [9.17, 15) is 0 Å². The van der Waals surface area contributed by atoms with Crippen LogP contribution >= 0.6 is 11.6 Å². The van der Waals surface area contributed by atoms with E-state index in [-0.39, 0.29) is 6.61 Å². The summed E-state index contributed by atoms with van der Waals surface area (Å²) in [4.78, 5) is 0. The average Bonchev–Trinajstić information content (AvgIpc) is 2.47. The van der Waals surface area contributed by atoms with Crippen molar-refractivity contribution in [2.75, 3.05) is 11.9 Å². The van der Waals surface area contributed by atoms with Gasteiger partial charge in [0.15, 0.2) is 6.61 Å². The second-order valence-electron chi connectivity index (χ2n) is 4.41. The fourth-order valence-electron chi connectivity index (χ4n) is 1.73. The summed E-state index contributed by atoms with van der Waals surface area (Å²) in [6.45, 7) is 2.75. The average molecular weight is 287 g/mol. The maximum absolute atomic E-state index is 8.44. The van der Waals surface area contributed by atoms with E-state index < -0.39 is 0 Å². The lowest BCUT2D eigenvalue weighted by Crippen LogP contribution is -2.00. The van der Waals surface area contributed by atoms with Crippen LogP contribution in [0.4, 0.5) is 5.69 Å². The molecular weight excluding hydrogens is 272 g/mol. The van der Waals surface area contributed by atoms with Crippen LogP contribution in [0.15, 0.2) is 42.5 Å². The van der Waals surface area contributed by atoms with E-state index in [0.29, 0.717) is 12.3 Å². The number of benzene rings is 2. The van der Waals surface area contributed by atoms with Gasteiger partial charge in [-0.1, -0.05) is 29.8 Å². The maximum atomic E-state index is 8.44. The molecule has 0 atom stereocenters. The number of halogens is 1. The van der Waals surface area contributed by atoms with Crippen LogP contribution in [0.3, 0.4) is 0 Å². The topological polar surface area (TPSA) is 45.0 Å². The first-order valence-corrected chi connectivity index (χ1v) is 6.65. The van der Waals surface area contributed by atoms with Crippen LogP contribution in [0.1, 0.15) is 11.1 Å². The molecule has 0 saturated carbocycles. The molecule has 0 spiro atoms. The van der Waals surface area contributed by atoms with Crippen molar-refractivity contribution in [3.63, 3.8) is 0 Å². The molecule has 102 valence electrons. The summed E-state index contributed by atoms with van der Waals surface area (Å²) in [7, 11) is 0. The first-order chi connectivity index (χ1) is 9.69. The molecule has 0 unspecified atom stereocenters. The van der Waals surface area contributed by atoms with Gasteiger partial charge in [0.25, 0.3) is 0 Å². The zero-order chi connectivity index (χ0) is 14.4. The number of nitrogens with zero attached hydrogens (tertiary/aromatic N) is 1. The molecule has 0 saturated heterocycles. The highest BCUT2D eigenvalue weighted by Gasteiger charge is 1.99. The Balaban J connectivity index is 1.93. The van der Waals surface area contributed by atoms with Gasteiger partial charge in [0.05, 0.1) is 0 Å². The molecule has 1 N–H and O–H groups in total. The Morgan fingerprint density at radius 2 is 1.95 bits per heavy atom. The van der Waals surface area contributed by atoms with Gasteiger partial charge >= 0.3 is 0 Å². The highest BCUT2D eigenvalue weighted by Crippen LogP contribution is 2.20. The summed E-state index contributed by atoms with van der Waals surface area (Å²) in [5, 5.41) is 12.5. The maximum Gasteiger partial charge on any atom is 0.174 e. The fraction of sp³-hybridized carbons (Fsp3) is 0.188. The molecule has 0 radical (unpaired) electrons. The first kappa shape index (κ1) is 14.2. The molecule has 0 aliphatic heterocycles. The third-order valence-electron chi connectivity index (χ3n) is 2.90. The number of anilines is 1. The summed E-state index contributed by atoms with van der Waals surface area (Å²) in [6, 6.07) is 15.5. The van der Waals surface area contributed by atoms with Gasteiger partial charge < -0.3 is 10.1 Å². The minimum Gasteiger partial charge on any atom is -0.479 e. The van der Waals surface area contributed by atoms with E-state index in [0.717, 1.165) is 21.8 Å². The molecule has 2 aromatic rings. The number of rotatable bonds is 5. The van der Waals surface area contributed by atoms with Crippen molar-refractivity contribution < 1.29 is 4.74 Å². The molecule has 20 heavy (non-hydrogen) atoms. The van der Waals surface area contributed by atoms with Crippen LogP contribution in [0.2, 0.25) is 5.02 Å². The Kier molecular flexibility index (Phi) is 4.86. The van der Waals surface area contributed by atoms with Crippen molar-refractivity contribution in [3.05, 3.63) is 58.6 Å². The minimum absolute atomic E-state index is 0.0689. The molecule has 3 nitrogen and oxygen atoms in total. The van der Waals surface area contributed by atoms with Crippen molar-refractivity contribution in [3.8, 4) is 11.8 Å². The summed E-state index contributed by atoms with van der Waals surface area (Å²) in [6.07, 6.45) is 0. The van der Waals surface area contributed by atoms with Crippen molar-refractivity contribution in [1.29, 1.82) is 5.26 Å². The molecule has 0 aromatic heterocycles. The van der Waals surface area contributed by atoms with E-state index in [1.54, 1.807) is 0 Å². The van der Waals surface area contributed by atoms with Gasteiger partial charge in [-0.15, -0.1) is 0 Å². The number of hydrogen-bond acceptors (Lipinski definition) is 3. The smallest absolute Gasteiger partial charge is 0.174 e. The molecule has 0 fully saturated rings. The number of nitrogens with one attached hydrogen (secondary N) is 1. The largest absolute Gasteiger partial charge is 0.479 e. The third kappa shape index (κ3) is 3.91. The van der Waals surface area contributed by atoms with Crippen LogP contribution in [-0.4, -0.2) is 6.61 Å². The summed E-state index contributed by atoms with van der Waals surface area (Å²) < 4.78 is 5.20. The van der Waals surface area contributed by atoms with Gasteiger partial charge in [0.2, 0.25) is 0 Å². The SMILES string of the molecule is Cc1ccc(NCc2ccc(OCC#N)cc2)cc1Cl. The van der Waals surface area contributed by atoms with Gasteiger partial charge in [-0.05, 0) is 42.3 Å². The second kappa shape index (κ2) is 6.83. The number of ether oxygens (including phenoxy) is 1. The van der Waals surface area contributed by atoms with Crippen molar-refractivity contribution >= 4 is 17.3 Å². The van der Waals surface area contributed by atoms with Crippen LogP contribution in [0.25, 0.3) is 0 Å². The first-order valence-electron chi connectivity index (χ1n) is 6.28. The highest BCUT2D eigenvalue weighted by atomic mass is 35.5. The molecule has 4 heteroatoms.